The second-order valence-electron chi connectivity index (χ2n) is 28.0. The van der Waals surface area contributed by atoms with Crippen LogP contribution >= 0.6 is 0 Å². The average Bonchev–Trinajstić information content (AvgIpc) is 3.98. The van der Waals surface area contributed by atoms with Crippen LogP contribution in [0.1, 0.15) is 161 Å². The molecule has 1 fully saturated rings. The van der Waals surface area contributed by atoms with Crippen LogP contribution in [0.25, 0.3) is 21.9 Å². The molecule has 4 heteroatoms. The highest BCUT2D eigenvalue weighted by atomic mass is 15.3. The maximum Gasteiger partial charge on any atom is 0.252 e. The first kappa shape index (κ1) is 47.9. The van der Waals surface area contributed by atoms with Crippen LogP contribution < -0.4 is 31.1 Å². The second kappa shape index (κ2) is 15.6. The minimum absolute atomic E-state index is 0.0232. The molecule has 382 valence electrons. The normalized spacial score (nSPS) is 23.9. The lowest BCUT2D eigenvalue weighted by molar-refractivity contribution is 0.195. The summed E-state index contributed by atoms with van der Waals surface area (Å²) in [4.78, 5) is 8.53. The van der Waals surface area contributed by atoms with Gasteiger partial charge in [-0.1, -0.05) is 198 Å². The summed E-state index contributed by atoms with van der Waals surface area (Å²) in [7, 11) is 0. The third kappa shape index (κ3) is 6.25. The Kier molecular flexibility index (Phi) is 9.82. The molecule has 4 unspecified atom stereocenters. The minimum atomic E-state index is -0.353. The van der Waals surface area contributed by atoms with Crippen molar-refractivity contribution in [2.24, 2.45) is 0 Å². The number of rotatable bonds is 3. The van der Waals surface area contributed by atoms with Gasteiger partial charge in [0.25, 0.3) is 6.71 Å². The van der Waals surface area contributed by atoms with Gasteiger partial charge in [-0.25, -0.2) is 0 Å². The van der Waals surface area contributed by atoms with Crippen molar-refractivity contribution in [1.82, 2.24) is 0 Å². The molecule has 14 rings (SSSR count). The van der Waals surface area contributed by atoms with E-state index >= 15 is 0 Å². The van der Waals surface area contributed by atoms with Gasteiger partial charge >= 0.3 is 0 Å². The third-order valence-corrected chi connectivity index (χ3v) is 20.9. The highest BCUT2D eigenvalue weighted by Crippen LogP contribution is 2.66. The molecule has 76 heavy (non-hydrogen) atoms. The molecule has 0 amide bonds. The van der Waals surface area contributed by atoms with Crippen LogP contribution in [0.5, 0.6) is 0 Å². The fraction of sp³-hybridized carbons (Fsp3) is 0.361. The van der Waals surface area contributed by atoms with E-state index in [9.17, 15) is 0 Å². The number of nitrogens with zero attached hydrogens (tertiary/aromatic N) is 3. The van der Waals surface area contributed by atoms with Gasteiger partial charge in [0.05, 0.1) is 16.8 Å². The smallest absolute Gasteiger partial charge is 0.252 e. The van der Waals surface area contributed by atoms with Crippen LogP contribution in [0.3, 0.4) is 0 Å². The first-order chi connectivity index (χ1) is 36.1. The Balaban J connectivity index is 1.13. The molecule has 4 heterocycles. The van der Waals surface area contributed by atoms with E-state index in [0.29, 0.717) is 0 Å². The second-order valence-corrected chi connectivity index (χ2v) is 28.0. The number of fused-ring (bicyclic) bond motifs is 13. The average molecular weight is 994 g/mol. The molecular weight excluding hydrogens is 918 g/mol. The molecule has 0 bridgehead atoms. The van der Waals surface area contributed by atoms with Gasteiger partial charge in [-0.15, -0.1) is 0 Å². The molecule has 2 aliphatic carbocycles. The topological polar surface area (TPSA) is 9.72 Å². The van der Waals surface area contributed by atoms with Gasteiger partial charge in [0.2, 0.25) is 0 Å². The minimum Gasteiger partial charge on any atom is -0.334 e. The van der Waals surface area contributed by atoms with Crippen LogP contribution in [0.2, 0.25) is 0 Å². The monoisotopic (exact) mass is 994 g/mol. The summed E-state index contributed by atoms with van der Waals surface area (Å²) in [5.74, 6) is 0. The maximum absolute atomic E-state index is 2.92. The van der Waals surface area contributed by atoms with E-state index in [-0.39, 0.29) is 44.9 Å². The first-order valence-electron chi connectivity index (χ1n) is 28.8. The Bertz CT molecular complexity index is 3790. The van der Waals surface area contributed by atoms with Crippen molar-refractivity contribution < 1.29 is 0 Å². The summed E-state index contributed by atoms with van der Waals surface area (Å²) >= 11 is 0. The molecule has 0 radical (unpaired) electrons. The van der Waals surface area contributed by atoms with Crippen LogP contribution in [-0.2, 0) is 39.0 Å². The predicted molar refractivity (Wildman–Crippen MR) is 326 cm³/mol. The van der Waals surface area contributed by atoms with E-state index in [1.165, 1.54) is 136 Å². The van der Waals surface area contributed by atoms with Crippen molar-refractivity contribution >= 4 is 73.7 Å². The van der Waals surface area contributed by atoms with Gasteiger partial charge in [0.15, 0.2) is 0 Å². The molecule has 8 aromatic rings. The molecular formula is C72H76BN3. The van der Waals surface area contributed by atoms with Crippen LogP contribution in [-0.4, -0.2) is 12.3 Å². The summed E-state index contributed by atoms with van der Waals surface area (Å²) in [6, 6.07) is 60.8. The van der Waals surface area contributed by atoms with E-state index in [1.54, 1.807) is 0 Å². The van der Waals surface area contributed by atoms with Crippen molar-refractivity contribution in [2.45, 2.75) is 167 Å². The van der Waals surface area contributed by atoms with E-state index in [2.05, 4.69) is 256 Å². The van der Waals surface area contributed by atoms with E-state index < -0.39 is 0 Å². The van der Waals surface area contributed by atoms with Crippen molar-refractivity contribution in [3.05, 3.63) is 191 Å². The molecule has 4 atom stereocenters. The first-order valence-corrected chi connectivity index (χ1v) is 28.8. The van der Waals surface area contributed by atoms with Crippen molar-refractivity contribution in [3.63, 3.8) is 0 Å². The Hall–Kier alpha value is -6.52. The summed E-state index contributed by atoms with van der Waals surface area (Å²) in [5, 5.41) is 2.52. The van der Waals surface area contributed by atoms with E-state index in [1.807, 2.05) is 0 Å². The number of hydrogen-bond acceptors (Lipinski definition) is 3. The Morgan fingerprint density at radius 3 is 1.83 bits per heavy atom. The van der Waals surface area contributed by atoms with Gasteiger partial charge in [0.1, 0.15) is 0 Å². The number of benzene rings is 8. The highest BCUT2D eigenvalue weighted by Gasteiger charge is 2.64. The Morgan fingerprint density at radius 2 is 1.08 bits per heavy atom. The van der Waals surface area contributed by atoms with Crippen LogP contribution in [0, 0.1) is 0 Å². The fourth-order valence-corrected chi connectivity index (χ4v) is 16.1. The molecule has 0 saturated heterocycles. The summed E-state index contributed by atoms with van der Waals surface area (Å²) < 4.78 is 0. The molecule has 3 nitrogen and oxygen atoms in total. The molecule has 8 aromatic carbocycles. The Labute approximate surface area is 454 Å². The summed E-state index contributed by atoms with van der Waals surface area (Å²) in [5.41, 5.74) is 25.4. The summed E-state index contributed by atoms with van der Waals surface area (Å²) in [6.45, 7) is 31.9. The van der Waals surface area contributed by atoms with E-state index in [4.69, 9.17) is 0 Å². The zero-order chi connectivity index (χ0) is 52.9. The largest absolute Gasteiger partial charge is 0.334 e. The number of anilines is 7. The zero-order valence-electron chi connectivity index (χ0n) is 47.6. The Morgan fingerprint density at radius 1 is 0.447 bits per heavy atom. The quantitative estimate of drug-likeness (QED) is 0.163. The van der Waals surface area contributed by atoms with Crippen molar-refractivity contribution in [3.8, 4) is 11.1 Å². The van der Waals surface area contributed by atoms with Crippen LogP contribution in [0.15, 0.2) is 152 Å². The molecule has 0 N–H and O–H groups in total. The summed E-state index contributed by atoms with van der Waals surface area (Å²) in [6.07, 6.45) is 6.97. The molecule has 1 saturated carbocycles. The van der Waals surface area contributed by atoms with E-state index in [0.717, 1.165) is 19.3 Å². The number of hydrogen-bond donors (Lipinski definition) is 0. The van der Waals surface area contributed by atoms with Gasteiger partial charge in [0, 0.05) is 50.5 Å². The number of aryl methyl sites for hydroxylation is 1. The number of para-hydroxylation sites is 1. The van der Waals surface area contributed by atoms with Gasteiger partial charge in [-0.2, -0.15) is 0 Å². The lowest BCUT2D eigenvalue weighted by Crippen LogP contribution is -2.64. The third-order valence-electron chi connectivity index (χ3n) is 20.9. The van der Waals surface area contributed by atoms with Gasteiger partial charge < -0.3 is 14.7 Å². The van der Waals surface area contributed by atoms with Crippen molar-refractivity contribution in [2.75, 3.05) is 14.7 Å². The standard InChI is InChI=1S/C72H76BN3/c1-66(2,3)49-29-32-59(53(40-49)48-28-27-45-21-14-15-23-47(45)39-48)74-61-34-31-51(68(7,8)9)42-58(61)73-57-26-20-25-55-65(57)76(72(13)54-24-17-16-22-46(54)35-38-70(55,72)11)63-44-52(43-62(74)64(63)73)75-60-33-30-50(67(4,5)6)41-56(60)69(10)36-18-19-37-71(69,75)12/h14-17,20-34,39-44H,18-19,35-38H2,1-13H3. The molecule has 0 aromatic heterocycles. The maximum atomic E-state index is 2.92. The fourth-order valence-electron chi connectivity index (χ4n) is 16.1. The highest BCUT2D eigenvalue weighted by molar-refractivity contribution is 7.00. The van der Waals surface area contributed by atoms with Gasteiger partial charge in [-0.3, -0.25) is 0 Å². The van der Waals surface area contributed by atoms with Crippen LogP contribution in [0.4, 0.5) is 39.8 Å². The van der Waals surface area contributed by atoms with Crippen molar-refractivity contribution in [1.29, 1.82) is 0 Å². The zero-order valence-corrected chi connectivity index (χ0v) is 47.6. The molecule has 6 aliphatic rings. The predicted octanol–water partition coefficient (Wildman–Crippen LogP) is 17.0. The molecule has 4 aliphatic heterocycles. The van der Waals surface area contributed by atoms with Gasteiger partial charge in [-0.05, 0) is 170 Å². The lowest BCUT2D eigenvalue weighted by Gasteiger charge is -2.54. The SMILES string of the molecule is CC(C)(C)c1ccc2c(c1)B1c3cccc4c3N(c3cc(N5c6ccc(C(C)(C)C)cc6C6(C)CCCCC56C)cc(c31)N2c1ccc(C(C)(C)C)cc1-c1ccc2ccccc2c1)C1(C)c2ccccc2CCC41C. The molecule has 0 spiro atoms. The lowest BCUT2D eigenvalue weighted by atomic mass is 9.33.